The number of aryl methyl sites for hydroxylation is 1. The van der Waals surface area contributed by atoms with Gasteiger partial charge in [0, 0.05) is 23.3 Å². The van der Waals surface area contributed by atoms with Crippen LogP contribution in [0.15, 0.2) is 65.3 Å². The van der Waals surface area contributed by atoms with Gasteiger partial charge in [-0.05, 0) is 50.2 Å². The minimum absolute atomic E-state index is 0.243. The summed E-state index contributed by atoms with van der Waals surface area (Å²) in [6.45, 7) is 3.81. The smallest absolute Gasteiger partial charge is 0.163 e. The van der Waals surface area contributed by atoms with E-state index in [-0.39, 0.29) is 6.54 Å². The van der Waals surface area contributed by atoms with Crippen LogP contribution in [0.3, 0.4) is 0 Å². The van der Waals surface area contributed by atoms with Gasteiger partial charge in [-0.15, -0.1) is 0 Å². The predicted octanol–water partition coefficient (Wildman–Crippen LogP) is 3.91. The predicted molar refractivity (Wildman–Crippen MR) is 104 cm³/mol. The highest BCUT2D eigenvalue weighted by Gasteiger charge is 2.27. The molecule has 4 rings (SSSR count). The number of furan rings is 1. The van der Waals surface area contributed by atoms with Crippen molar-refractivity contribution in [1.82, 2.24) is 15.0 Å². The molecule has 1 unspecified atom stereocenters. The molecule has 6 nitrogen and oxygen atoms in total. The molecule has 3 aromatic heterocycles. The second kappa shape index (κ2) is 6.81. The molecular formula is C21H20N4O2. The Hall–Kier alpha value is -3.25. The summed E-state index contributed by atoms with van der Waals surface area (Å²) >= 11 is 0. The average molecular weight is 360 g/mol. The van der Waals surface area contributed by atoms with Crippen molar-refractivity contribution in [2.75, 3.05) is 11.9 Å². The van der Waals surface area contributed by atoms with Crippen LogP contribution in [-0.2, 0) is 5.60 Å². The van der Waals surface area contributed by atoms with E-state index in [1.54, 1.807) is 25.4 Å². The zero-order chi connectivity index (χ0) is 18.9. The van der Waals surface area contributed by atoms with E-state index in [9.17, 15) is 5.11 Å². The molecular weight excluding hydrogens is 340 g/mol. The first-order valence-corrected chi connectivity index (χ1v) is 8.73. The van der Waals surface area contributed by atoms with Gasteiger partial charge in [-0.1, -0.05) is 12.1 Å². The summed E-state index contributed by atoms with van der Waals surface area (Å²) in [5.41, 5.74) is 0.483. The van der Waals surface area contributed by atoms with Gasteiger partial charge in [0.2, 0.25) is 0 Å². The first kappa shape index (κ1) is 17.2. The monoisotopic (exact) mass is 360 g/mol. The number of fused-ring (bicyclic) bond motifs is 1. The minimum atomic E-state index is -1.17. The first-order valence-electron chi connectivity index (χ1n) is 8.73. The van der Waals surface area contributed by atoms with Gasteiger partial charge in [-0.3, -0.25) is 4.98 Å². The third-order valence-corrected chi connectivity index (χ3v) is 4.39. The van der Waals surface area contributed by atoms with Crippen molar-refractivity contribution in [3.8, 4) is 11.4 Å². The highest BCUT2D eigenvalue weighted by Crippen LogP contribution is 2.27. The first-order chi connectivity index (χ1) is 13.0. The van der Waals surface area contributed by atoms with E-state index >= 15 is 0 Å². The summed E-state index contributed by atoms with van der Waals surface area (Å²) in [6, 6.07) is 15.2. The summed E-state index contributed by atoms with van der Waals surface area (Å²) in [6.07, 6.45) is 3.45. The number of rotatable bonds is 5. The molecule has 0 saturated heterocycles. The fourth-order valence-electron chi connectivity index (χ4n) is 2.90. The van der Waals surface area contributed by atoms with Crippen LogP contribution in [0.5, 0.6) is 0 Å². The highest BCUT2D eigenvalue weighted by atomic mass is 16.4. The van der Waals surface area contributed by atoms with Gasteiger partial charge < -0.3 is 14.8 Å². The van der Waals surface area contributed by atoms with Crippen molar-refractivity contribution in [3.63, 3.8) is 0 Å². The van der Waals surface area contributed by atoms with Gasteiger partial charge in [0.25, 0.3) is 0 Å². The van der Waals surface area contributed by atoms with Crippen molar-refractivity contribution in [2.24, 2.45) is 0 Å². The number of anilines is 1. The van der Waals surface area contributed by atoms with Crippen molar-refractivity contribution >= 4 is 16.7 Å². The number of hydrogen-bond donors (Lipinski definition) is 2. The lowest BCUT2D eigenvalue weighted by Crippen LogP contribution is -2.30. The average Bonchev–Trinajstić information content (AvgIpc) is 3.14. The third kappa shape index (κ3) is 3.52. The highest BCUT2D eigenvalue weighted by molar-refractivity contribution is 5.90. The van der Waals surface area contributed by atoms with Gasteiger partial charge in [0.05, 0.1) is 12.1 Å². The topological polar surface area (TPSA) is 84.1 Å². The van der Waals surface area contributed by atoms with Gasteiger partial charge >= 0.3 is 0 Å². The van der Waals surface area contributed by atoms with Crippen LogP contribution >= 0.6 is 0 Å². The maximum atomic E-state index is 10.8. The molecule has 3 heterocycles. The van der Waals surface area contributed by atoms with E-state index in [2.05, 4.69) is 20.3 Å². The lowest BCUT2D eigenvalue weighted by atomic mass is 10.0. The SMILES string of the molecule is Cc1ccc(C(C)(O)CNc2nc(-c3cccnc3)nc3ccccc23)o1. The van der Waals surface area contributed by atoms with Crippen LogP contribution in [-0.4, -0.2) is 26.6 Å². The fourth-order valence-corrected chi connectivity index (χ4v) is 2.90. The Kier molecular flexibility index (Phi) is 4.33. The molecule has 0 fully saturated rings. The van der Waals surface area contributed by atoms with Crippen LogP contribution in [0.4, 0.5) is 5.82 Å². The van der Waals surface area contributed by atoms with Crippen LogP contribution in [0.25, 0.3) is 22.3 Å². The number of nitrogens with zero attached hydrogens (tertiary/aromatic N) is 3. The molecule has 0 spiro atoms. The molecule has 1 aromatic carbocycles. The third-order valence-electron chi connectivity index (χ3n) is 4.39. The van der Waals surface area contributed by atoms with Gasteiger partial charge in [0.1, 0.15) is 22.9 Å². The molecule has 27 heavy (non-hydrogen) atoms. The van der Waals surface area contributed by atoms with Gasteiger partial charge in [0.15, 0.2) is 5.82 Å². The molecule has 4 aromatic rings. The molecule has 2 N–H and O–H groups in total. The summed E-state index contributed by atoms with van der Waals surface area (Å²) < 4.78 is 5.59. The number of benzene rings is 1. The molecule has 0 aliphatic carbocycles. The maximum absolute atomic E-state index is 10.8. The fraction of sp³-hybridized carbons (Fsp3) is 0.190. The quantitative estimate of drug-likeness (QED) is 0.561. The number of hydrogen-bond acceptors (Lipinski definition) is 6. The zero-order valence-corrected chi connectivity index (χ0v) is 15.2. The molecule has 0 bridgehead atoms. The van der Waals surface area contributed by atoms with Gasteiger partial charge in [-0.2, -0.15) is 0 Å². The van der Waals surface area contributed by atoms with E-state index < -0.39 is 5.60 Å². The summed E-state index contributed by atoms with van der Waals surface area (Å²) in [5, 5.41) is 15.0. The number of nitrogens with one attached hydrogen (secondary N) is 1. The molecule has 0 saturated carbocycles. The van der Waals surface area contributed by atoms with Crippen LogP contribution < -0.4 is 5.32 Å². The van der Waals surface area contributed by atoms with Crippen molar-refractivity contribution in [3.05, 3.63) is 72.4 Å². The summed E-state index contributed by atoms with van der Waals surface area (Å²) in [5.74, 6) is 2.51. The molecule has 0 aliphatic heterocycles. The van der Waals surface area contributed by atoms with E-state index in [4.69, 9.17) is 4.42 Å². The Morgan fingerprint density at radius 2 is 1.93 bits per heavy atom. The minimum Gasteiger partial charge on any atom is -0.463 e. The number of aliphatic hydroxyl groups is 1. The second-order valence-electron chi connectivity index (χ2n) is 6.69. The Morgan fingerprint density at radius 3 is 2.67 bits per heavy atom. The van der Waals surface area contributed by atoms with Gasteiger partial charge in [-0.25, -0.2) is 9.97 Å². The van der Waals surface area contributed by atoms with E-state index in [1.165, 1.54) is 0 Å². The van der Waals surface area contributed by atoms with E-state index in [0.29, 0.717) is 17.4 Å². The van der Waals surface area contributed by atoms with Crippen molar-refractivity contribution < 1.29 is 9.52 Å². The molecule has 6 heteroatoms. The molecule has 0 aliphatic rings. The van der Waals surface area contributed by atoms with E-state index in [1.807, 2.05) is 49.4 Å². The van der Waals surface area contributed by atoms with E-state index in [0.717, 1.165) is 22.2 Å². The zero-order valence-electron chi connectivity index (χ0n) is 15.2. The summed E-state index contributed by atoms with van der Waals surface area (Å²) in [7, 11) is 0. The largest absolute Gasteiger partial charge is 0.463 e. The Balaban J connectivity index is 1.70. The van der Waals surface area contributed by atoms with Crippen LogP contribution in [0.1, 0.15) is 18.4 Å². The lowest BCUT2D eigenvalue weighted by Gasteiger charge is -2.22. The lowest BCUT2D eigenvalue weighted by molar-refractivity contribution is 0.0467. The van der Waals surface area contributed by atoms with Crippen LogP contribution in [0.2, 0.25) is 0 Å². The Morgan fingerprint density at radius 1 is 1.07 bits per heavy atom. The number of pyridine rings is 1. The number of aromatic nitrogens is 3. The molecule has 0 radical (unpaired) electrons. The molecule has 0 amide bonds. The summed E-state index contributed by atoms with van der Waals surface area (Å²) in [4.78, 5) is 13.5. The molecule has 1 atom stereocenters. The molecule has 136 valence electrons. The second-order valence-corrected chi connectivity index (χ2v) is 6.69. The number of para-hydroxylation sites is 1. The normalized spacial score (nSPS) is 13.4. The maximum Gasteiger partial charge on any atom is 0.163 e. The Labute approximate surface area is 156 Å². The van der Waals surface area contributed by atoms with Crippen molar-refractivity contribution in [1.29, 1.82) is 0 Å². The standard InChI is InChI=1S/C21H20N4O2/c1-14-9-10-18(27-14)21(2,26)13-23-20-16-7-3-4-8-17(16)24-19(25-20)15-6-5-11-22-12-15/h3-12,26H,13H2,1-2H3,(H,23,24,25). The van der Waals surface area contributed by atoms with Crippen LogP contribution in [0, 0.1) is 6.92 Å². The Bertz CT molecular complexity index is 1070. The van der Waals surface area contributed by atoms with Crippen molar-refractivity contribution in [2.45, 2.75) is 19.4 Å².